The third-order valence-corrected chi connectivity index (χ3v) is 2.87. The number of anilines is 1. The number of rotatable bonds is 7. The summed E-state index contributed by atoms with van der Waals surface area (Å²) in [7, 11) is 1.99. The van der Waals surface area contributed by atoms with E-state index in [0.717, 1.165) is 6.42 Å². The maximum atomic E-state index is 4.46. The molecule has 0 atom stereocenters. The molecule has 0 amide bonds. The second-order valence-electron chi connectivity index (χ2n) is 4.44. The van der Waals surface area contributed by atoms with Gasteiger partial charge in [-0.3, -0.25) is 4.68 Å². The van der Waals surface area contributed by atoms with Gasteiger partial charge in [-0.15, -0.1) is 0 Å². The lowest BCUT2D eigenvalue weighted by Crippen LogP contribution is -2.19. The van der Waals surface area contributed by atoms with E-state index in [4.69, 9.17) is 0 Å². The summed E-state index contributed by atoms with van der Waals surface area (Å²) in [5.74, 6) is 0. The van der Waals surface area contributed by atoms with Crippen LogP contribution in [0.3, 0.4) is 0 Å². The highest BCUT2D eigenvalue weighted by Gasteiger charge is 2.11. The molecule has 16 heavy (non-hydrogen) atoms. The van der Waals surface area contributed by atoms with Crippen molar-refractivity contribution in [3.8, 4) is 0 Å². The van der Waals surface area contributed by atoms with E-state index in [1.54, 1.807) is 0 Å². The Hall–Kier alpha value is -0.990. The minimum atomic E-state index is 0.601. The van der Waals surface area contributed by atoms with Gasteiger partial charge in [0.1, 0.15) is 0 Å². The molecule has 3 nitrogen and oxygen atoms in total. The summed E-state index contributed by atoms with van der Waals surface area (Å²) in [6.45, 7) is 6.64. The molecule has 0 aromatic carbocycles. The van der Waals surface area contributed by atoms with Gasteiger partial charge in [0, 0.05) is 19.3 Å². The Kier molecular flexibility index (Phi) is 5.36. The molecular formula is C13H25N3. The van der Waals surface area contributed by atoms with Crippen molar-refractivity contribution in [2.45, 2.75) is 58.9 Å². The first-order chi connectivity index (χ1) is 7.71. The van der Waals surface area contributed by atoms with Gasteiger partial charge in [0.15, 0.2) is 0 Å². The van der Waals surface area contributed by atoms with Gasteiger partial charge in [-0.05, 0) is 19.3 Å². The van der Waals surface area contributed by atoms with Gasteiger partial charge in [-0.2, -0.15) is 5.10 Å². The van der Waals surface area contributed by atoms with E-state index >= 15 is 0 Å². The van der Waals surface area contributed by atoms with Gasteiger partial charge < -0.3 is 5.32 Å². The Morgan fingerprint density at radius 1 is 1.25 bits per heavy atom. The standard InChI is InChI=1S/C13H25N3/c1-5-8-11(9-6-2)14-13-10-16(4)15-12(13)7-3/h10-11,14H,5-9H2,1-4H3. The van der Waals surface area contributed by atoms with Crippen LogP contribution in [0.5, 0.6) is 0 Å². The molecule has 0 saturated heterocycles. The van der Waals surface area contributed by atoms with Gasteiger partial charge in [-0.25, -0.2) is 0 Å². The van der Waals surface area contributed by atoms with Crippen molar-refractivity contribution in [1.29, 1.82) is 0 Å². The molecule has 92 valence electrons. The van der Waals surface area contributed by atoms with Crippen LogP contribution >= 0.6 is 0 Å². The Morgan fingerprint density at radius 2 is 1.88 bits per heavy atom. The topological polar surface area (TPSA) is 29.9 Å². The minimum Gasteiger partial charge on any atom is -0.380 e. The highest BCUT2D eigenvalue weighted by atomic mass is 15.3. The third kappa shape index (κ3) is 3.54. The molecule has 3 heteroatoms. The maximum absolute atomic E-state index is 4.46. The Bertz CT molecular complexity index is 298. The van der Waals surface area contributed by atoms with Crippen molar-refractivity contribution in [2.75, 3.05) is 5.32 Å². The fourth-order valence-electron chi connectivity index (χ4n) is 2.12. The van der Waals surface area contributed by atoms with Crippen LogP contribution in [0, 0.1) is 0 Å². The van der Waals surface area contributed by atoms with Gasteiger partial charge >= 0.3 is 0 Å². The van der Waals surface area contributed by atoms with E-state index in [1.165, 1.54) is 37.1 Å². The van der Waals surface area contributed by atoms with Crippen molar-refractivity contribution in [3.63, 3.8) is 0 Å². The molecule has 0 aliphatic heterocycles. The van der Waals surface area contributed by atoms with Crippen LogP contribution in [0.1, 0.15) is 52.1 Å². The van der Waals surface area contributed by atoms with E-state index in [1.807, 2.05) is 11.7 Å². The van der Waals surface area contributed by atoms with Crippen LogP contribution in [-0.4, -0.2) is 15.8 Å². The Balaban J connectivity index is 2.67. The second-order valence-corrected chi connectivity index (χ2v) is 4.44. The average molecular weight is 223 g/mol. The van der Waals surface area contributed by atoms with E-state index in [9.17, 15) is 0 Å². The van der Waals surface area contributed by atoms with Crippen LogP contribution in [0.25, 0.3) is 0 Å². The van der Waals surface area contributed by atoms with E-state index < -0.39 is 0 Å². The lowest BCUT2D eigenvalue weighted by molar-refractivity contribution is 0.586. The molecule has 0 spiro atoms. The summed E-state index contributed by atoms with van der Waals surface area (Å²) in [6, 6.07) is 0.601. The maximum Gasteiger partial charge on any atom is 0.0853 e. The lowest BCUT2D eigenvalue weighted by Gasteiger charge is -2.18. The molecule has 1 N–H and O–H groups in total. The monoisotopic (exact) mass is 223 g/mol. The summed E-state index contributed by atoms with van der Waals surface area (Å²) in [5, 5.41) is 8.09. The number of nitrogens with one attached hydrogen (secondary N) is 1. The molecule has 1 aromatic rings. The molecule has 0 aliphatic rings. The van der Waals surface area contributed by atoms with Crippen LogP contribution in [0.15, 0.2) is 6.20 Å². The molecule has 0 aliphatic carbocycles. The number of aryl methyl sites for hydroxylation is 2. The molecule has 0 unspecified atom stereocenters. The van der Waals surface area contributed by atoms with Crippen LogP contribution in [0.2, 0.25) is 0 Å². The summed E-state index contributed by atoms with van der Waals surface area (Å²) in [6.07, 6.45) is 8.04. The van der Waals surface area contributed by atoms with E-state index in [2.05, 4.69) is 37.4 Å². The zero-order valence-corrected chi connectivity index (χ0v) is 11.1. The number of hydrogen-bond donors (Lipinski definition) is 1. The first-order valence-electron chi connectivity index (χ1n) is 6.50. The van der Waals surface area contributed by atoms with E-state index in [-0.39, 0.29) is 0 Å². The second kappa shape index (κ2) is 6.56. The Morgan fingerprint density at radius 3 is 2.38 bits per heavy atom. The predicted molar refractivity (Wildman–Crippen MR) is 69.8 cm³/mol. The zero-order valence-electron chi connectivity index (χ0n) is 11.1. The first kappa shape index (κ1) is 13.1. The van der Waals surface area contributed by atoms with Crippen LogP contribution < -0.4 is 5.32 Å². The summed E-state index contributed by atoms with van der Waals surface area (Å²) in [4.78, 5) is 0. The van der Waals surface area contributed by atoms with Gasteiger partial charge in [0.25, 0.3) is 0 Å². The highest BCUT2D eigenvalue weighted by Crippen LogP contribution is 2.18. The zero-order chi connectivity index (χ0) is 12.0. The van der Waals surface area contributed by atoms with Gasteiger partial charge in [0.2, 0.25) is 0 Å². The molecule has 1 aromatic heterocycles. The van der Waals surface area contributed by atoms with Crippen molar-refractivity contribution >= 4 is 5.69 Å². The minimum absolute atomic E-state index is 0.601. The quantitative estimate of drug-likeness (QED) is 0.768. The smallest absolute Gasteiger partial charge is 0.0853 e. The van der Waals surface area contributed by atoms with Gasteiger partial charge in [0.05, 0.1) is 11.4 Å². The number of nitrogens with zero attached hydrogens (tertiary/aromatic N) is 2. The molecule has 0 fully saturated rings. The van der Waals surface area contributed by atoms with E-state index in [0.29, 0.717) is 6.04 Å². The van der Waals surface area contributed by atoms with Crippen LogP contribution in [0.4, 0.5) is 5.69 Å². The molecule has 0 radical (unpaired) electrons. The molecule has 0 saturated carbocycles. The largest absolute Gasteiger partial charge is 0.380 e. The lowest BCUT2D eigenvalue weighted by atomic mass is 10.1. The fraction of sp³-hybridized carbons (Fsp3) is 0.769. The van der Waals surface area contributed by atoms with Crippen molar-refractivity contribution in [1.82, 2.24) is 9.78 Å². The molecule has 1 rings (SSSR count). The Labute approximate surface area is 99.2 Å². The fourth-order valence-corrected chi connectivity index (χ4v) is 2.12. The number of aromatic nitrogens is 2. The third-order valence-electron chi connectivity index (χ3n) is 2.87. The normalized spacial score (nSPS) is 11.1. The van der Waals surface area contributed by atoms with Crippen molar-refractivity contribution in [3.05, 3.63) is 11.9 Å². The molecule has 1 heterocycles. The van der Waals surface area contributed by atoms with Crippen molar-refractivity contribution in [2.24, 2.45) is 7.05 Å². The predicted octanol–water partition coefficient (Wildman–Crippen LogP) is 3.36. The first-order valence-corrected chi connectivity index (χ1v) is 6.50. The molecule has 0 bridgehead atoms. The summed E-state index contributed by atoms with van der Waals surface area (Å²) >= 11 is 0. The van der Waals surface area contributed by atoms with Crippen LogP contribution in [-0.2, 0) is 13.5 Å². The summed E-state index contributed by atoms with van der Waals surface area (Å²) < 4.78 is 1.90. The number of hydrogen-bond acceptors (Lipinski definition) is 2. The van der Waals surface area contributed by atoms with Gasteiger partial charge in [-0.1, -0.05) is 33.6 Å². The SMILES string of the molecule is CCCC(CCC)Nc1cn(C)nc1CC. The average Bonchev–Trinajstić information content (AvgIpc) is 2.59. The molecular weight excluding hydrogens is 198 g/mol. The summed E-state index contributed by atoms with van der Waals surface area (Å²) in [5.41, 5.74) is 2.40. The van der Waals surface area contributed by atoms with Crippen molar-refractivity contribution < 1.29 is 0 Å². The highest BCUT2D eigenvalue weighted by molar-refractivity contribution is 5.47.